The van der Waals surface area contributed by atoms with E-state index >= 15 is 0 Å². The number of nitrogens with zero attached hydrogens (tertiary/aromatic N) is 4. The molecule has 8 nitrogen and oxygen atoms in total. The van der Waals surface area contributed by atoms with Crippen molar-refractivity contribution in [2.45, 2.75) is 220 Å². The average Bonchev–Trinajstić information content (AvgIpc) is 3.27. The normalized spacial score (nSPS) is 13.4. The Morgan fingerprint density at radius 2 is 0.484 bits per heavy atom. The molecule has 2 atom stereocenters. The van der Waals surface area contributed by atoms with E-state index in [0.717, 1.165) is 52.4 Å². The van der Waals surface area contributed by atoms with Crippen LogP contribution >= 0.6 is 0 Å². The summed E-state index contributed by atoms with van der Waals surface area (Å²) in [4.78, 5) is 9.86. The molecular formula is C56H114N4O4. The highest BCUT2D eigenvalue weighted by molar-refractivity contribution is 4.82. The molecule has 64 heavy (non-hydrogen) atoms. The molecule has 0 spiro atoms. The highest BCUT2D eigenvalue weighted by atomic mass is 16.3. The summed E-state index contributed by atoms with van der Waals surface area (Å²) >= 11 is 0. The van der Waals surface area contributed by atoms with Crippen LogP contribution in [-0.4, -0.2) is 145 Å². The molecule has 0 saturated heterocycles. The quantitative estimate of drug-likeness (QED) is 0.0354. The zero-order chi connectivity index (χ0) is 46.8. The second-order valence-corrected chi connectivity index (χ2v) is 19.9. The predicted molar refractivity (Wildman–Crippen MR) is 281 cm³/mol. The monoisotopic (exact) mass is 907 g/mol. The molecule has 0 rings (SSSR count). The van der Waals surface area contributed by atoms with Gasteiger partial charge in [-0.2, -0.15) is 0 Å². The van der Waals surface area contributed by atoms with Gasteiger partial charge >= 0.3 is 0 Å². The Labute approximate surface area is 400 Å². The molecule has 8 heteroatoms. The third-order valence-corrected chi connectivity index (χ3v) is 13.1. The second-order valence-electron chi connectivity index (χ2n) is 19.9. The van der Waals surface area contributed by atoms with Crippen LogP contribution < -0.4 is 0 Å². The zero-order valence-corrected chi connectivity index (χ0v) is 43.6. The van der Waals surface area contributed by atoms with Crippen molar-refractivity contribution in [2.75, 3.05) is 105 Å². The standard InChI is InChI=1S/C56H114N4O4/c1-5-7-9-11-13-15-17-19-21-23-25-27-29-31-33-35-39-57(51-55(3)53-59(43-47-61)44-48-62)41-37-38-42-58(52-56(4)54-60(45-49-63)46-50-64)40-36-34-32-30-28-26-24-22-20-18-16-14-12-10-8-6-2/h19-22,55-56,61-64H,5-18,23-54H2,1-4H3/b21-19-,22-20?. The summed E-state index contributed by atoms with van der Waals surface area (Å²) in [6.07, 6.45) is 49.6. The average molecular weight is 908 g/mol. The Hall–Kier alpha value is -0.840. The molecule has 382 valence electrons. The summed E-state index contributed by atoms with van der Waals surface area (Å²) < 4.78 is 0. The summed E-state index contributed by atoms with van der Waals surface area (Å²) in [6, 6.07) is 0. The van der Waals surface area contributed by atoms with Crippen molar-refractivity contribution in [3.63, 3.8) is 0 Å². The minimum absolute atomic E-state index is 0.138. The van der Waals surface area contributed by atoms with E-state index in [1.165, 1.54) is 193 Å². The highest BCUT2D eigenvalue weighted by Gasteiger charge is 2.17. The van der Waals surface area contributed by atoms with Gasteiger partial charge in [0.25, 0.3) is 0 Å². The number of aliphatic hydroxyl groups excluding tert-OH is 4. The van der Waals surface area contributed by atoms with Gasteiger partial charge in [0.15, 0.2) is 0 Å². The number of rotatable bonds is 53. The maximum Gasteiger partial charge on any atom is 0.0558 e. The summed E-state index contributed by atoms with van der Waals surface area (Å²) in [5.41, 5.74) is 0. The molecule has 0 aromatic carbocycles. The molecule has 0 saturated carbocycles. The number of aliphatic hydroxyl groups is 4. The van der Waals surface area contributed by atoms with Crippen molar-refractivity contribution < 1.29 is 20.4 Å². The summed E-state index contributed by atoms with van der Waals surface area (Å²) in [5, 5.41) is 38.4. The van der Waals surface area contributed by atoms with Crippen LogP contribution in [0.5, 0.6) is 0 Å². The summed E-state index contributed by atoms with van der Waals surface area (Å²) in [5.74, 6) is 0.966. The van der Waals surface area contributed by atoms with Crippen LogP contribution in [0.1, 0.15) is 220 Å². The lowest BCUT2D eigenvalue weighted by Crippen LogP contribution is -2.39. The fourth-order valence-electron chi connectivity index (χ4n) is 9.46. The minimum atomic E-state index is 0.138. The fraction of sp³-hybridized carbons (Fsp3) is 0.929. The van der Waals surface area contributed by atoms with Gasteiger partial charge in [0.05, 0.1) is 26.4 Å². The number of unbranched alkanes of at least 4 members (excludes halogenated alkanes) is 25. The maximum absolute atomic E-state index is 9.60. The van der Waals surface area contributed by atoms with Crippen molar-refractivity contribution in [1.29, 1.82) is 0 Å². The zero-order valence-electron chi connectivity index (χ0n) is 43.6. The van der Waals surface area contributed by atoms with E-state index in [2.05, 4.69) is 71.6 Å². The van der Waals surface area contributed by atoms with E-state index < -0.39 is 0 Å². The topological polar surface area (TPSA) is 93.9 Å². The van der Waals surface area contributed by atoms with Gasteiger partial charge in [-0.05, 0) is 115 Å². The Morgan fingerprint density at radius 1 is 0.281 bits per heavy atom. The van der Waals surface area contributed by atoms with Gasteiger partial charge in [-0.15, -0.1) is 0 Å². The molecule has 0 amide bonds. The van der Waals surface area contributed by atoms with E-state index in [9.17, 15) is 20.4 Å². The SMILES string of the molecule is CCCCCCCCC=CCCCCCCCCN(CCCCN(CCCCCCCC/C=C\CCCCCCCC)CC(C)CN(CCO)CCO)CC(C)CN(CCO)CCO. The van der Waals surface area contributed by atoms with Gasteiger partial charge in [-0.25, -0.2) is 0 Å². The molecule has 0 aliphatic carbocycles. The Kier molecular flexibility index (Phi) is 50.9. The number of hydrogen-bond acceptors (Lipinski definition) is 8. The van der Waals surface area contributed by atoms with Crippen molar-refractivity contribution in [2.24, 2.45) is 11.8 Å². The van der Waals surface area contributed by atoms with Crippen molar-refractivity contribution in [1.82, 2.24) is 19.6 Å². The molecule has 0 radical (unpaired) electrons. The largest absolute Gasteiger partial charge is 0.395 e. The lowest BCUT2D eigenvalue weighted by Gasteiger charge is -2.31. The van der Waals surface area contributed by atoms with Gasteiger partial charge in [0.1, 0.15) is 0 Å². The Bertz CT molecular complexity index is 868. The third-order valence-electron chi connectivity index (χ3n) is 13.1. The molecule has 0 bridgehead atoms. The van der Waals surface area contributed by atoms with E-state index in [-0.39, 0.29) is 26.4 Å². The van der Waals surface area contributed by atoms with Crippen LogP contribution in [0, 0.1) is 11.8 Å². The molecule has 2 unspecified atom stereocenters. The van der Waals surface area contributed by atoms with Gasteiger partial charge in [-0.1, -0.05) is 168 Å². The van der Waals surface area contributed by atoms with Crippen LogP contribution in [0.15, 0.2) is 24.3 Å². The number of allylic oxidation sites excluding steroid dienone is 4. The Morgan fingerprint density at radius 3 is 0.734 bits per heavy atom. The fourth-order valence-corrected chi connectivity index (χ4v) is 9.46. The van der Waals surface area contributed by atoms with Crippen LogP contribution in [0.25, 0.3) is 0 Å². The molecular weight excluding hydrogens is 793 g/mol. The summed E-state index contributed by atoms with van der Waals surface area (Å²) in [7, 11) is 0. The predicted octanol–water partition coefficient (Wildman–Crippen LogP) is 12.3. The maximum atomic E-state index is 9.60. The van der Waals surface area contributed by atoms with Gasteiger partial charge in [0, 0.05) is 52.4 Å². The first-order valence-electron chi connectivity index (χ1n) is 28.1. The first-order valence-corrected chi connectivity index (χ1v) is 28.1. The first-order chi connectivity index (χ1) is 31.4. The number of hydrogen-bond donors (Lipinski definition) is 4. The van der Waals surface area contributed by atoms with Crippen LogP contribution in [0.3, 0.4) is 0 Å². The molecule has 0 aromatic heterocycles. The second kappa shape index (κ2) is 51.5. The van der Waals surface area contributed by atoms with Crippen LogP contribution in [0.2, 0.25) is 0 Å². The molecule has 0 aliphatic rings. The van der Waals surface area contributed by atoms with E-state index in [1.54, 1.807) is 0 Å². The van der Waals surface area contributed by atoms with Gasteiger partial charge in [0.2, 0.25) is 0 Å². The smallest absolute Gasteiger partial charge is 0.0558 e. The molecule has 4 N–H and O–H groups in total. The van der Waals surface area contributed by atoms with Gasteiger partial charge in [-0.3, -0.25) is 9.80 Å². The van der Waals surface area contributed by atoms with E-state index in [1.807, 2.05) is 0 Å². The van der Waals surface area contributed by atoms with Gasteiger partial charge < -0.3 is 30.2 Å². The van der Waals surface area contributed by atoms with Crippen molar-refractivity contribution in [3.8, 4) is 0 Å². The van der Waals surface area contributed by atoms with E-state index in [0.29, 0.717) is 38.0 Å². The summed E-state index contributed by atoms with van der Waals surface area (Å²) in [6.45, 7) is 20.9. The minimum Gasteiger partial charge on any atom is -0.395 e. The van der Waals surface area contributed by atoms with Crippen LogP contribution in [-0.2, 0) is 0 Å². The van der Waals surface area contributed by atoms with Crippen molar-refractivity contribution in [3.05, 3.63) is 24.3 Å². The molecule has 0 aromatic rings. The lowest BCUT2D eigenvalue weighted by molar-refractivity contribution is 0.127. The molecule has 0 aliphatic heterocycles. The van der Waals surface area contributed by atoms with E-state index in [4.69, 9.17) is 0 Å². The third kappa shape index (κ3) is 45.0. The van der Waals surface area contributed by atoms with Crippen LogP contribution in [0.4, 0.5) is 0 Å². The Balaban J connectivity index is 4.92. The molecule has 0 heterocycles. The highest BCUT2D eigenvalue weighted by Crippen LogP contribution is 2.15. The first kappa shape index (κ1) is 63.2. The lowest BCUT2D eigenvalue weighted by atomic mass is 10.1. The molecule has 0 fully saturated rings. The van der Waals surface area contributed by atoms with Crippen molar-refractivity contribution >= 4 is 0 Å².